The average Bonchev–Trinajstić information content (AvgIpc) is 2.56. The summed E-state index contributed by atoms with van der Waals surface area (Å²) in [4.78, 5) is 0. The lowest BCUT2D eigenvalue weighted by Gasteiger charge is -2.28. The van der Waals surface area contributed by atoms with Crippen LogP contribution in [0.4, 0.5) is 0 Å². The summed E-state index contributed by atoms with van der Waals surface area (Å²) in [5.41, 5.74) is 7.61. The van der Waals surface area contributed by atoms with Crippen molar-refractivity contribution in [2.75, 3.05) is 13.1 Å². The van der Waals surface area contributed by atoms with Crippen LogP contribution in [0.3, 0.4) is 0 Å². The first-order chi connectivity index (χ1) is 10.3. The summed E-state index contributed by atoms with van der Waals surface area (Å²) in [6.07, 6.45) is 2.29. The van der Waals surface area contributed by atoms with E-state index in [9.17, 15) is 0 Å². The Hall–Kier alpha value is -1.84. The number of hydrogen-bond acceptors (Lipinski definition) is 3. The van der Waals surface area contributed by atoms with Crippen LogP contribution >= 0.6 is 0 Å². The second-order valence-electron chi connectivity index (χ2n) is 5.60. The normalized spacial score (nSPS) is 17.4. The van der Waals surface area contributed by atoms with E-state index in [4.69, 9.17) is 10.5 Å². The van der Waals surface area contributed by atoms with Gasteiger partial charge in [0.05, 0.1) is 0 Å². The Morgan fingerprint density at radius 1 is 0.952 bits per heavy atom. The summed E-state index contributed by atoms with van der Waals surface area (Å²) in [6.45, 7) is 2.14. The van der Waals surface area contributed by atoms with Crippen LogP contribution in [0.5, 0.6) is 11.5 Å². The van der Waals surface area contributed by atoms with Crippen molar-refractivity contribution in [1.82, 2.24) is 5.32 Å². The molecule has 0 aromatic heterocycles. The fourth-order valence-corrected chi connectivity index (χ4v) is 2.89. The molecule has 0 unspecified atom stereocenters. The molecule has 1 aliphatic heterocycles. The van der Waals surface area contributed by atoms with E-state index in [-0.39, 0.29) is 6.04 Å². The molecule has 0 radical (unpaired) electrons. The zero-order valence-electron chi connectivity index (χ0n) is 12.2. The highest BCUT2D eigenvalue weighted by Gasteiger charge is 2.21. The molecule has 0 aliphatic carbocycles. The van der Waals surface area contributed by atoms with Crippen LogP contribution in [0, 0.1) is 5.92 Å². The summed E-state index contributed by atoms with van der Waals surface area (Å²) in [5.74, 6) is 2.26. The molecule has 3 heteroatoms. The standard InChI is InChI=1S/C18H22N2O/c19-18(14-9-11-20-12-10-14)15-5-4-8-17(13-15)21-16-6-2-1-3-7-16/h1-8,13-14,18,20H,9-12,19H2/t18-/m1/s1. The molecule has 2 aromatic rings. The van der Waals surface area contributed by atoms with Crippen LogP contribution in [-0.2, 0) is 0 Å². The predicted octanol–water partition coefficient (Wildman–Crippen LogP) is 3.48. The molecule has 1 fully saturated rings. The number of nitrogens with two attached hydrogens (primary N) is 1. The van der Waals surface area contributed by atoms with Crippen LogP contribution in [0.2, 0.25) is 0 Å². The van der Waals surface area contributed by atoms with Crippen molar-refractivity contribution in [3.05, 3.63) is 60.2 Å². The Labute approximate surface area is 126 Å². The molecule has 1 saturated heterocycles. The molecule has 21 heavy (non-hydrogen) atoms. The highest BCUT2D eigenvalue weighted by molar-refractivity contribution is 5.35. The lowest BCUT2D eigenvalue weighted by Crippen LogP contribution is -2.33. The van der Waals surface area contributed by atoms with Gasteiger partial charge in [-0.15, -0.1) is 0 Å². The average molecular weight is 282 g/mol. The third-order valence-corrected chi connectivity index (χ3v) is 4.11. The van der Waals surface area contributed by atoms with Gasteiger partial charge in [0.25, 0.3) is 0 Å². The van der Waals surface area contributed by atoms with Crippen LogP contribution in [0.15, 0.2) is 54.6 Å². The number of benzene rings is 2. The fourth-order valence-electron chi connectivity index (χ4n) is 2.89. The number of rotatable bonds is 4. The molecule has 2 aromatic carbocycles. The van der Waals surface area contributed by atoms with E-state index in [2.05, 4.69) is 17.4 Å². The largest absolute Gasteiger partial charge is 0.457 e. The monoisotopic (exact) mass is 282 g/mol. The molecular weight excluding hydrogens is 260 g/mol. The van der Waals surface area contributed by atoms with E-state index >= 15 is 0 Å². The molecule has 0 saturated carbocycles. The van der Waals surface area contributed by atoms with E-state index in [0.717, 1.165) is 43.0 Å². The van der Waals surface area contributed by atoms with Crippen LogP contribution < -0.4 is 15.8 Å². The van der Waals surface area contributed by atoms with Crippen molar-refractivity contribution < 1.29 is 4.74 Å². The molecule has 3 N–H and O–H groups in total. The third kappa shape index (κ3) is 3.63. The number of piperidine rings is 1. The quantitative estimate of drug-likeness (QED) is 0.902. The highest BCUT2D eigenvalue weighted by atomic mass is 16.5. The molecule has 0 spiro atoms. The van der Waals surface area contributed by atoms with Gasteiger partial charge < -0.3 is 15.8 Å². The summed E-state index contributed by atoms with van der Waals surface area (Å²) < 4.78 is 5.89. The maximum Gasteiger partial charge on any atom is 0.127 e. The van der Waals surface area contributed by atoms with E-state index < -0.39 is 0 Å². The topological polar surface area (TPSA) is 47.3 Å². The zero-order chi connectivity index (χ0) is 14.5. The lowest BCUT2D eigenvalue weighted by atomic mass is 9.86. The summed E-state index contributed by atoms with van der Waals surface area (Å²) in [6, 6.07) is 18.1. The minimum absolute atomic E-state index is 0.0893. The Balaban J connectivity index is 1.73. The number of ether oxygens (including phenoxy) is 1. The molecule has 3 rings (SSSR count). The van der Waals surface area contributed by atoms with E-state index in [1.807, 2.05) is 42.5 Å². The minimum Gasteiger partial charge on any atom is -0.457 e. The van der Waals surface area contributed by atoms with Gasteiger partial charge in [0.1, 0.15) is 11.5 Å². The van der Waals surface area contributed by atoms with E-state index in [0.29, 0.717) is 5.92 Å². The van der Waals surface area contributed by atoms with Crippen molar-refractivity contribution in [3.63, 3.8) is 0 Å². The van der Waals surface area contributed by atoms with Crippen LogP contribution in [0.1, 0.15) is 24.4 Å². The van der Waals surface area contributed by atoms with Gasteiger partial charge in [-0.25, -0.2) is 0 Å². The van der Waals surface area contributed by atoms with Crippen LogP contribution in [-0.4, -0.2) is 13.1 Å². The maximum absolute atomic E-state index is 6.45. The number of para-hydroxylation sites is 1. The molecule has 0 amide bonds. The van der Waals surface area contributed by atoms with Gasteiger partial charge in [0, 0.05) is 6.04 Å². The number of hydrogen-bond donors (Lipinski definition) is 2. The van der Waals surface area contributed by atoms with Gasteiger partial charge in [0.2, 0.25) is 0 Å². The fraction of sp³-hybridized carbons (Fsp3) is 0.333. The molecule has 0 bridgehead atoms. The third-order valence-electron chi connectivity index (χ3n) is 4.11. The molecule has 1 aliphatic rings. The molecule has 3 nitrogen and oxygen atoms in total. The maximum atomic E-state index is 6.45. The van der Waals surface area contributed by atoms with Gasteiger partial charge in [-0.1, -0.05) is 30.3 Å². The van der Waals surface area contributed by atoms with Crippen molar-refractivity contribution in [2.45, 2.75) is 18.9 Å². The minimum atomic E-state index is 0.0893. The molecular formula is C18H22N2O. The number of nitrogens with one attached hydrogen (secondary N) is 1. The summed E-state index contributed by atoms with van der Waals surface area (Å²) >= 11 is 0. The van der Waals surface area contributed by atoms with Crippen molar-refractivity contribution >= 4 is 0 Å². The molecule has 110 valence electrons. The molecule has 1 heterocycles. The smallest absolute Gasteiger partial charge is 0.127 e. The summed E-state index contributed by atoms with van der Waals surface area (Å²) in [5, 5.41) is 3.38. The Kier molecular flexibility index (Phi) is 4.53. The first kappa shape index (κ1) is 14.1. The van der Waals surface area contributed by atoms with Gasteiger partial charge in [-0.3, -0.25) is 0 Å². The lowest BCUT2D eigenvalue weighted by molar-refractivity contribution is 0.321. The Morgan fingerprint density at radius 2 is 1.67 bits per heavy atom. The van der Waals surface area contributed by atoms with Crippen molar-refractivity contribution in [2.24, 2.45) is 11.7 Å². The van der Waals surface area contributed by atoms with Crippen LogP contribution in [0.25, 0.3) is 0 Å². The second kappa shape index (κ2) is 6.74. The molecule has 1 atom stereocenters. The zero-order valence-corrected chi connectivity index (χ0v) is 12.2. The first-order valence-corrected chi connectivity index (χ1v) is 7.62. The summed E-state index contributed by atoms with van der Waals surface area (Å²) in [7, 11) is 0. The van der Waals surface area contributed by atoms with Crippen molar-refractivity contribution in [1.29, 1.82) is 0 Å². The second-order valence-corrected chi connectivity index (χ2v) is 5.60. The SMILES string of the molecule is N[C@@H](c1cccc(Oc2ccccc2)c1)C1CCNCC1. The highest BCUT2D eigenvalue weighted by Crippen LogP contribution is 2.30. The van der Waals surface area contributed by atoms with Gasteiger partial charge in [-0.05, 0) is 61.7 Å². The van der Waals surface area contributed by atoms with Gasteiger partial charge in [0.15, 0.2) is 0 Å². The first-order valence-electron chi connectivity index (χ1n) is 7.62. The van der Waals surface area contributed by atoms with Crippen molar-refractivity contribution in [3.8, 4) is 11.5 Å². The Bertz CT molecular complexity index is 564. The Morgan fingerprint density at radius 3 is 2.43 bits per heavy atom. The van der Waals surface area contributed by atoms with Gasteiger partial charge in [-0.2, -0.15) is 0 Å². The van der Waals surface area contributed by atoms with E-state index in [1.54, 1.807) is 0 Å². The predicted molar refractivity (Wildman–Crippen MR) is 85.5 cm³/mol. The van der Waals surface area contributed by atoms with Gasteiger partial charge >= 0.3 is 0 Å². The van der Waals surface area contributed by atoms with E-state index in [1.165, 1.54) is 0 Å².